The Labute approximate surface area is 204 Å². The number of amides is 1. The summed E-state index contributed by atoms with van der Waals surface area (Å²) in [6, 6.07) is 11.5. The molecule has 184 valence electrons. The Balaban J connectivity index is 1.37. The summed E-state index contributed by atoms with van der Waals surface area (Å²) in [5.41, 5.74) is 0.714. The molecule has 1 amide bonds. The van der Waals surface area contributed by atoms with Gasteiger partial charge in [0.1, 0.15) is 6.07 Å². The smallest absolute Gasteiger partial charge is 0.266 e. The first-order chi connectivity index (χ1) is 16.7. The van der Waals surface area contributed by atoms with Crippen LogP contribution in [-0.2, 0) is 14.8 Å². The fourth-order valence-electron chi connectivity index (χ4n) is 3.85. The maximum absolute atomic E-state index is 12.8. The number of benzene rings is 1. The van der Waals surface area contributed by atoms with Gasteiger partial charge in [0.15, 0.2) is 5.76 Å². The molecule has 1 aliphatic heterocycles. The van der Waals surface area contributed by atoms with Crippen LogP contribution in [0.3, 0.4) is 0 Å². The first-order valence-corrected chi connectivity index (χ1v) is 12.7. The minimum absolute atomic E-state index is 0.131. The Morgan fingerprint density at radius 1 is 1.23 bits per heavy atom. The number of rotatable bonds is 7. The molecule has 0 unspecified atom stereocenters. The molecule has 0 saturated carbocycles. The maximum Gasteiger partial charge on any atom is 0.266 e. The summed E-state index contributed by atoms with van der Waals surface area (Å²) in [6.45, 7) is 4.66. The minimum Gasteiger partial charge on any atom is -0.459 e. The Bertz CT molecular complexity index is 1320. The molecule has 3 heterocycles. The molecular formula is C24H27N5O5S. The number of aromatic nitrogens is 1. The minimum atomic E-state index is -3.58. The van der Waals surface area contributed by atoms with Crippen LogP contribution in [0.25, 0.3) is 11.7 Å². The van der Waals surface area contributed by atoms with Gasteiger partial charge in [0.05, 0.1) is 11.2 Å². The summed E-state index contributed by atoms with van der Waals surface area (Å²) in [4.78, 5) is 19.1. The third kappa shape index (κ3) is 5.08. The zero-order valence-electron chi connectivity index (χ0n) is 19.8. The van der Waals surface area contributed by atoms with E-state index in [0.717, 1.165) is 0 Å². The highest BCUT2D eigenvalue weighted by atomic mass is 32.2. The van der Waals surface area contributed by atoms with E-state index in [1.165, 1.54) is 29.7 Å². The summed E-state index contributed by atoms with van der Waals surface area (Å²) in [5, 5.41) is 12.3. The SMILES string of the molecule is CC(C)N(C)S(=O)(=O)c1ccc(NC(=O)C2CCN(c3oc(-c4ccco4)nc3C#N)CC2)cc1. The zero-order valence-corrected chi connectivity index (χ0v) is 20.6. The first-order valence-electron chi connectivity index (χ1n) is 11.3. The van der Waals surface area contributed by atoms with Crippen molar-refractivity contribution in [2.75, 3.05) is 30.4 Å². The number of anilines is 2. The second-order valence-corrected chi connectivity index (χ2v) is 10.6. The van der Waals surface area contributed by atoms with E-state index in [-0.39, 0.29) is 34.3 Å². The van der Waals surface area contributed by atoms with Gasteiger partial charge in [-0.2, -0.15) is 14.6 Å². The van der Waals surface area contributed by atoms with Crippen LogP contribution in [-0.4, -0.2) is 49.8 Å². The van der Waals surface area contributed by atoms with E-state index in [9.17, 15) is 18.5 Å². The van der Waals surface area contributed by atoms with Crippen LogP contribution in [0, 0.1) is 17.2 Å². The van der Waals surface area contributed by atoms with Gasteiger partial charge < -0.3 is 19.1 Å². The number of hydrogen-bond acceptors (Lipinski definition) is 8. The number of sulfonamides is 1. The van der Waals surface area contributed by atoms with Crippen molar-refractivity contribution in [3.63, 3.8) is 0 Å². The number of nitrogens with one attached hydrogen (secondary N) is 1. The van der Waals surface area contributed by atoms with Gasteiger partial charge in [-0.3, -0.25) is 4.79 Å². The normalized spacial score (nSPS) is 14.9. The lowest BCUT2D eigenvalue weighted by Crippen LogP contribution is -2.38. The number of nitrogens with zero attached hydrogens (tertiary/aromatic N) is 4. The number of furan rings is 1. The lowest BCUT2D eigenvalue weighted by molar-refractivity contribution is -0.120. The lowest BCUT2D eigenvalue weighted by Gasteiger charge is -2.31. The Kier molecular flexibility index (Phi) is 6.95. The molecule has 2 aromatic heterocycles. The third-order valence-electron chi connectivity index (χ3n) is 6.13. The van der Waals surface area contributed by atoms with Crippen molar-refractivity contribution < 1.29 is 22.0 Å². The van der Waals surface area contributed by atoms with E-state index in [1.54, 1.807) is 38.1 Å². The molecule has 1 aromatic carbocycles. The van der Waals surface area contributed by atoms with Gasteiger partial charge in [-0.25, -0.2) is 8.42 Å². The number of carbonyl (C=O) groups is 1. The standard InChI is InChI=1S/C24H27N5O5S/c1-16(2)28(3)35(31,32)19-8-6-18(7-9-19)26-22(30)17-10-12-29(13-11-17)24-20(15-25)27-23(34-24)21-5-4-14-33-21/h4-9,14,16-17H,10-13H2,1-3H3,(H,26,30). The molecule has 0 aliphatic carbocycles. The van der Waals surface area contributed by atoms with E-state index in [1.807, 2.05) is 4.90 Å². The quantitative estimate of drug-likeness (QED) is 0.523. The number of nitriles is 1. The molecule has 0 bridgehead atoms. The van der Waals surface area contributed by atoms with Crippen LogP contribution in [0.5, 0.6) is 0 Å². The molecule has 1 fully saturated rings. The van der Waals surface area contributed by atoms with Gasteiger partial charge >= 0.3 is 0 Å². The van der Waals surface area contributed by atoms with Crippen LogP contribution in [0.1, 0.15) is 32.4 Å². The van der Waals surface area contributed by atoms with E-state index in [0.29, 0.717) is 43.3 Å². The molecule has 4 rings (SSSR count). The highest BCUT2D eigenvalue weighted by molar-refractivity contribution is 7.89. The molecule has 35 heavy (non-hydrogen) atoms. The van der Waals surface area contributed by atoms with Crippen molar-refractivity contribution in [3.8, 4) is 17.7 Å². The van der Waals surface area contributed by atoms with Gasteiger partial charge in [0, 0.05) is 37.8 Å². The fourth-order valence-corrected chi connectivity index (χ4v) is 5.22. The van der Waals surface area contributed by atoms with Crippen LogP contribution in [0.15, 0.2) is 56.4 Å². The Morgan fingerprint density at radius 3 is 2.49 bits per heavy atom. The van der Waals surface area contributed by atoms with Crippen molar-refractivity contribution in [2.45, 2.75) is 37.6 Å². The van der Waals surface area contributed by atoms with E-state index < -0.39 is 10.0 Å². The van der Waals surface area contributed by atoms with E-state index >= 15 is 0 Å². The first kappa shape index (κ1) is 24.5. The number of hydrogen-bond donors (Lipinski definition) is 1. The largest absolute Gasteiger partial charge is 0.459 e. The van der Waals surface area contributed by atoms with Crippen LogP contribution in [0.4, 0.5) is 11.6 Å². The highest BCUT2D eigenvalue weighted by Crippen LogP contribution is 2.31. The molecule has 1 N–H and O–H groups in total. The van der Waals surface area contributed by atoms with E-state index in [4.69, 9.17) is 8.83 Å². The molecule has 0 radical (unpaired) electrons. The van der Waals surface area contributed by atoms with Crippen molar-refractivity contribution in [1.29, 1.82) is 5.26 Å². The topological polar surface area (TPSA) is 133 Å². The predicted octanol–water partition coefficient (Wildman–Crippen LogP) is 3.69. The molecule has 0 atom stereocenters. The molecular weight excluding hydrogens is 470 g/mol. The van der Waals surface area contributed by atoms with Gasteiger partial charge in [0.2, 0.25) is 27.5 Å². The molecule has 1 aliphatic rings. The average Bonchev–Trinajstić information content (AvgIpc) is 3.54. The average molecular weight is 498 g/mol. The Hall–Kier alpha value is -3.62. The van der Waals surface area contributed by atoms with Crippen molar-refractivity contribution in [1.82, 2.24) is 9.29 Å². The van der Waals surface area contributed by atoms with Crippen LogP contribution in [0.2, 0.25) is 0 Å². The number of carbonyl (C=O) groups excluding carboxylic acids is 1. The van der Waals surface area contributed by atoms with Crippen molar-refractivity contribution in [2.24, 2.45) is 5.92 Å². The summed E-state index contributed by atoms with van der Waals surface area (Å²) < 4.78 is 37.6. The second-order valence-electron chi connectivity index (χ2n) is 8.65. The molecule has 10 nitrogen and oxygen atoms in total. The summed E-state index contributed by atoms with van der Waals surface area (Å²) >= 11 is 0. The number of piperidine rings is 1. The van der Waals surface area contributed by atoms with Gasteiger partial charge in [-0.1, -0.05) is 0 Å². The van der Waals surface area contributed by atoms with Gasteiger partial charge in [0.25, 0.3) is 5.89 Å². The monoisotopic (exact) mass is 497 g/mol. The summed E-state index contributed by atoms with van der Waals surface area (Å²) in [5.74, 6) is 0.706. The molecule has 11 heteroatoms. The van der Waals surface area contributed by atoms with Crippen LogP contribution >= 0.6 is 0 Å². The fraction of sp³-hybridized carbons (Fsp3) is 0.375. The summed E-state index contributed by atoms with van der Waals surface area (Å²) in [6.07, 6.45) is 2.64. The zero-order chi connectivity index (χ0) is 25.2. The molecule has 0 spiro atoms. The lowest BCUT2D eigenvalue weighted by atomic mass is 9.96. The molecule has 1 saturated heterocycles. The van der Waals surface area contributed by atoms with Crippen molar-refractivity contribution in [3.05, 3.63) is 48.4 Å². The summed E-state index contributed by atoms with van der Waals surface area (Å²) in [7, 11) is -2.04. The van der Waals surface area contributed by atoms with Crippen LogP contribution < -0.4 is 10.2 Å². The molecule has 3 aromatic rings. The van der Waals surface area contributed by atoms with Gasteiger partial charge in [-0.05, 0) is 63.1 Å². The highest BCUT2D eigenvalue weighted by Gasteiger charge is 2.29. The maximum atomic E-state index is 12.8. The van der Waals surface area contributed by atoms with E-state index in [2.05, 4.69) is 16.4 Å². The Morgan fingerprint density at radius 2 is 1.91 bits per heavy atom. The number of oxazole rings is 1. The van der Waals surface area contributed by atoms with Gasteiger partial charge in [-0.15, -0.1) is 0 Å². The predicted molar refractivity (Wildman–Crippen MR) is 129 cm³/mol. The van der Waals surface area contributed by atoms with Crippen molar-refractivity contribution >= 4 is 27.5 Å². The second kappa shape index (κ2) is 9.93. The third-order valence-corrected chi connectivity index (χ3v) is 8.17.